The molecule has 18 heavy (non-hydrogen) atoms. The van der Waals surface area contributed by atoms with Crippen molar-refractivity contribution in [2.75, 3.05) is 0 Å². The number of fused-ring (bicyclic) bond motifs is 1. The Balaban J connectivity index is 1.99. The van der Waals surface area contributed by atoms with Gasteiger partial charge in [-0.3, -0.25) is 0 Å². The summed E-state index contributed by atoms with van der Waals surface area (Å²) in [6.07, 6.45) is 5.68. The Labute approximate surface area is 107 Å². The van der Waals surface area contributed by atoms with Gasteiger partial charge in [0.1, 0.15) is 11.4 Å². The summed E-state index contributed by atoms with van der Waals surface area (Å²) >= 11 is 0. The van der Waals surface area contributed by atoms with E-state index < -0.39 is 0 Å². The van der Waals surface area contributed by atoms with Gasteiger partial charge in [0.2, 0.25) is 6.08 Å². The average molecular weight is 243 g/mol. The number of benzene rings is 1. The van der Waals surface area contributed by atoms with Crippen molar-refractivity contribution in [1.82, 2.24) is 0 Å². The van der Waals surface area contributed by atoms with Crippen LogP contribution in [0, 0.1) is 0 Å². The molecule has 1 fully saturated rings. The summed E-state index contributed by atoms with van der Waals surface area (Å²) in [5, 5.41) is 0. The number of hydrogen-bond acceptors (Lipinski definition) is 3. The zero-order valence-electron chi connectivity index (χ0n) is 10.8. The molecule has 0 spiro atoms. The van der Waals surface area contributed by atoms with Crippen LogP contribution in [0.3, 0.4) is 0 Å². The van der Waals surface area contributed by atoms with Gasteiger partial charge >= 0.3 is 0 Å². The van der Waals surface area contributed by atoms with Crippen molar-refractivity contribution in [1.29, 1.82) is 0 Å². The summed E-state index contributed by atoms with van der Waals surface area (Å²) in [5.41, 5.74) is 1.94. The predicted octanol–water partition coefficient (Wildman–Crippen LogP) is 3.12. The minimum atomic E-state index is -0.302. The average Bonchev–Trinajstić information content (AvgIpc) is 2.56. The van der Waals surface area contributed by atoms with Gasteiger partial charge in [0.25, 0.3) is 0 Å². The molecule has 0 atom stereocenters. The van der Waals surface area contributed by atoms with Crippen molar-refractivity contribution < 1.29 is 9.53 Å². The van der Waals surface area contributed by atoms with E-state index >= 15 is 0 Å². The number of rotatable bonds is 2. The number of ether oxygens (including phenoxy) is 1. The fraction of sp³-hybridized carbons (Fsp3) is 0.533. The van der Waals surface area contributed by atoms with Gasteiger partial charge in [-0.05, 0) is 56.4 Å². The van der Waals surface area contributed by atoms with Gasteiger partial charge < -0.3 is 4.74 Å². The summed E-state index contributed by atoms with van der Waals surface area (Å²) in [6, 6.07) is 6.21. The molecular weight excluding hydrogens is 226 g/mol. The molecule has 0 aromatic heterocycles. The first-order valence-electron chi connectivity index (χ1n) is 6.46. The number of nitrogens with zero attached hydrogens (tertiary/aromatic N) is 1. The second kappa shape index (κ2) is 3.69. The quantitative estimate of drug-likeness (QED) is 0.591. The highest BCUT2D eigenvalue weighted by atomic mass is 16.5. The van der Waals surface area contributed by atoms with Crippen LogP contribution in [0.1, 0.15) is 44.2 Å². The molecule has 1 heterocycles. The smallest absolute Gasteiger partial charge is 0.235 e. The summed E-state index contributed by atoms with van der Waals surface area (Å²) in [5.74, 6) is 0.966. The molecule has 3 rings (SSSR count). The molecular formula is C15H17NO2. The van der Waals surface area contributed by atoms with Gasteiger partial charge in [-0.2, -0.15) is 4.99 Å². The fourth-order valence-corrected chi connectivity index (χ4v) is 2.96. The molecule has 3 heteroatoms. The molecule has 0 saturated heterocycles. The topological polar surface area (TPSA) is 38.7 Å². The molecule has 1 aromatic rings. The van der Waals surface area contributed by atoms with Crippen LogP contribution in [0.5, 0.6) is 5.75 Å². The summed E-state index contributed by atoms with van der Waals surface area (Å²) in [4.78, 5) is 14.7. The Morgan fingerprint density at radius 2 is 2.11 bits per heavy atom. The van der Waals surface area contributed by atoms with Crippen molar-refractivity contribution in [2.45, 2.75) is 50.7 Å². The lowest BCUT2D eigenvalue weighted by atomic mass is 9.72. The van der Waals surface area contributed by atoms with Crippen molar-refractivity contribution in [3.8, 4) is 5.75 Å². The van der Waals surface area contributed by atoms with Crippen LogP contribution in [-0.4, -0.2) is 11.7 Å². The predicted molar refractivity (Wildman–Crippen MR) is 68.5 cm³/mol. The third-order valence-electron chi connectivity index (χ3n) is 4.04. The maximum atomic E-state index is 10.6. The van der Waals surface area contributed by atoms with Crippen LogP contribution in [0.4, 0.5) is 0 Å². The first-order chi connectivity index (χ1) is 8.55. The summed E-state index contributed by atoms with van der Waals surface area (Å²) < 4.78 is 5.87. The lowest BCUT2D eigenvalue weighted by Crippen LogP contribution is -2.31. The van der Waals surface area contributed by atoms with Gasteiger partial charge in [-0.1, -0.05) is 6.07 Å². The minimum Gasteiger partial charge on any atom is -0.487 e. The van der Waals surface area contributed by atoms with E-state index in [0.29, 0.717) is 0 Å². The lowest BCUT2D eigenvalue weighted by molar-refractivity contribution is 0.138. The highest BCUT2D eigenvalue weighted by Crippen LogP contribution is 2.46. The number of aliphatic imine (C=N–C) groups is 1. The third kappa shape index (κ3) is 1.67. The highest BCUT2D eigenvalue weighted by molar-refractivity contribution is 5.46. The van der Waals surface area contributed by atoms with Crippen molar-refractivity contribution in [3.63, 3.8) is 0 Å². The van der Waals surface area contributed by atoms with E-state index in [1.807, 2.05) is 12.1 Å². The van der Waals surface area contributed by atoms with Gasteiger partial charge in [-0.15, -0.1) is 0 Å². The summed E-state index contributed by atoms with van der Waals surface area (Å²) in [6.45, 7) is 4.19. The Kier molecular flexibility index (Phi) is 2.36. The molecule has 1 aliphatic heterocycles. The van der Waals surface area contributed by atoms with E-state index in [2.05, 4.69) is 24.9 Å². The lowest BCUT2D eigenvalue weighted by Gasteiger charge is -2.37. The van der Waals surface area contributed by atoms with Crippen molar-refractivity contribution >= 4 is 6.08 Å². The number of hydrogen-bond donors (Lipinski definition) is 0. The maximum Gasteiger partial charge on any atom is 0.235 e. The zero-order chi connectivity index (χ0) is 12.8. The SMILES string of the molecule is CC1(C)Cc2cc(C3(N=C=O)CCC3)ccc2O1. The van der Waals surface area contributed by atoms with Gasteiger partial charge in [0, 0.05) is 6.42 Å². The van der Waals surface area contributed by atoms with Gasteiger partial charge in [0.05, 0.1) is 5.54 Å². The number of carbonyl (C=O) groups excluding carboxylic acids is 1. The molecule has 94 valence electrons. The van der Waals surface area contributed by atoms with Crippen LogP contribution < -0.4 is 4.74 Å². The van der Waals surface area contributed by atoms with E-state index in [9.17, 15) is 4.79 Å². The van der Waals surface area contributed by atoms with Gasteiger partial charge in [0.15, 0.2) is 0 Å². The Morgan fingerprint density at radius 1 is 1.33 bits per heavy atom. The number of isocyanates is 1. The largest absolute Gasteiger partial charge is 0.487 e. The van der Waals surface area contributed by atoms with Crippen molar-refractivity contribution in [3.05, 3.63) is 29.3 Å². The summed E-state index contributed by atoms with van der Waals surface area (Å²) in [7, 11) is 0. The maximum absolute atomic E-state index is 10.6. The highest BCUT2D eigenvalue weighted by Gasteiger charge is 2.40. The van der Waals surface area contributed by atoms with Gasteiger partial charge in [-0.25, -0.2) is 4.79 Å². The Hall–Kier alpha value is -1.60. The van der Waals surface area contributed by atoms with Crippen LogP contribution in [-0.2, 0) is 16.8 Å². The van der Waals surface area contributed by atoms with E-state index in [1.54, 1.807) is 6.08 Å². The molecule has 0 N–H and O–H groups in total. The molecule has 1 aliphatic carbocycles. The molecule has 1 aromatic carbocycles. The fourth-order valence-electron chi connectivity index (χ4n) is 2.96. The zero-order valence-corrected chi connectivity index (χ0v) is 10.8. The van der Waals surface area contributed by atoms with E-state index in [-0.39, 0.29) is 11.1 Å². The normalized spacial score (nSPS) is 22.3. The molecule has 0 bridgehead atoms. The second-order valence-corrected chi connectivity index (χ2v) is 5.95. The first kappa shape index (κ1) is 11.5. The molecule has 0 unspecified atom stereocenters. The molecule has 2 aliphatic rings. The third-order valence-corrected chi connectivity index (χ3v) is 4.04. The Bertz CT molecular complexity index is 537. The molecule has 3 nitrogen and oxygen atoms in total. The molecule has 0 amide bonds. The monoisotopic (exact) mass is 243 g/mol. The minimum absolute atomic E-state index is 0.123. The molecule has 0 radical (unpaired) electrons. The van der Waals surface area contributed by atoms with Crippen LogP contribution in [0.25, 0.3) is 0 Å². The van der Waals surface area contributed by atoms with Crippen LogP contribution >= 0.6 is 0 Å². The van der Waals surface area contributed by atoms with E-state index in [1.165, 1.54) is 5.56 Å². The van der Waals surface area contributed by atoms with Crippen LogP contribution in [0.15, 0.2) is 23.2 Å². The second-order valence-electron chi connectivity index (χ2n) is 5.95. The Morgan fingerprint density at radius 3 is 2.72 bits per heavy atom. The standard InChI is InChI=1S/C15H17NO2/c1-14(2)9-11-8-12(4-5-13(11)18-14)15(16-10-17)6-3-7-15/h4-5,8H,3,6-7,9H2,1-2H3. The first-order valence-corrected chi connectivity index (χ1v) is 6.46. The van der Waals surface area contributed by atoms with Crippen LogP contribution in [0.2, 0.25) is 0 Å². The molecule has 1 saturated carbocycles. The van der Waals surface area contributed by atoms with Crippen molar-refractivity contribution in [2.24, 2.45) is 4.99 Å². The van der Waals surface area contributed by atoms with E-state index in [4.69, 9.17) is 4.74 Å². The van der Waals surface area contributed by atoms with E-state index in [0.717, 1.165) is 37.0 Å².